The van der Waals surface area contributed by atoms with E-state index in [1.54, 1.807) is 13.1 Å². The molecule has 0 aliphatic carbocycles. The average molecular weight is 371 g/mol. The first-order valence-corrected chi connectivity index (χ1v) is 9.11. The van der Waals surface area contributed by atoms with E-state index in [0.29, 0.717) is 5.75 Å². The van der Waals surface area contributed by atoms with Crippen LogP contribution in [0, 0.1) is 13.8 Å². The highest BCUT2D eigenvalue weighted by Gasteiger charge is 2.09. The molecule has 0 saturated carbocycles. The molecule has 0 saturated heterocycles. The van der Waals surface area contributed by atoms with Crippen LogP contribution in [-0.4, -0.2) is 20.5 Å². The monoisotopic (exact) mass is 371 g/mol. The van der Waals surface area contributed by atoms with Gasteiger partial charge in [0.1, 0.15) is 11.5 Å². The van der Waals surface area contributed by atoms with Crippen molar-refractivity contribution >= 4 is 16.7 Å². The highest BCUT2D eigenvalue weighted by atomic mass is 16.5. The SMILES string of the molecule is CC(=O)c1ccc(-c2cc(Oc3ccc4c(C)nn(C)c4c3)ccn2)cc1C. The Balaban J connectivity index is 1.65. The number of rotatable bonds is 4. The fourth-order valence-corrected chi connectivity index (χ4v) is 3.47. The Morgan fingerprint density at radius 1 is 1.00 bits per heavy atom. The normalized spacial score (nSPS) is 11.0. The molecule has 4 rings (SSSR count). The maximum atomic E-state index is 11.6. The van der Waals surface area contributed by atoms with Gasteiger partial charge >= 0.3 is 0 Å². The van der Waals surface area contributed by atoms with Crippen molar-refractivity contribution in [3.63, 3.8) is 0 Å². The molecular formula is C23H21N3O2. The second-order valence-corrected chi connectivity index (χ2v) is 6.95. The van der Waals surface area contributed by atoms with Crippen LogP contribution in [0.3, 0.4) is 0 Å². The summed E-state index contributed by atoms with van der Waals surface area (Å²) in [4.78, 5) is 16.1. The Morgan fingerprint density at radius 2 is 1.79 bits per heavy atom. The molecule has 0 spiro atoms. The van der Waals surface area contributed by atoms with Crippen LogP contribution in [0.4, 0.5) is 0 Å². The van der Waals surface area contributed by atoms with Crippen LogP contribution in [-0.2, 0) is 7.05 Å². The Morgan fingerprint density at radius 3 is 2.54 bits per heavy atom. The van der Waals surface area contributed by atoms with E-state index in [0.717, 1.165) is 44.7 Å². The number of ketones is 1. The molecule has 140 valence electrons. The van der Waals surface area contributed by atoms with Crippen molar-refractivity contribution in [3.8, 4) is 22.8 Å². The summed E-state index contributed by atoms with van der Waals surface area (Å²) >= 11 is 0. The molecular weight excluding hydrogens is 350 g/mol. The van der Waals surface area contributed by atoms with Gasteiger partial charge in [0.05, 0.1) is 16.9 Å². The summed E-state index contributed by atoms with van der Waals surface area (Å²) in [5.74, 6) is 1.52. The topological polar surface area (TPSA) is 57.0 Å². The molecule has 0 fully saturated rings. The summed E-state index contributed by atoms with van der Waals surface area (Å²) in [5.41, 5.74) is 5.45. The molecule has 0 aliphatic heterocycles. The Kier molecular flexibility index (Phi) is 4.43. The quantitative estimate of drug-likeness (QED) is 0.460. The lowest BCUT2D eigenvalue weighted by molar-refractivity contribution is 0.101. The van der Waals surface area contributed by atoms with E-state index >= 15 is 0 Å². The first-order chi connectivity index (χ1) is 13.4. The Hall–Kier alpha value is -3.47. The van der Waals surface area contributed by atoms with Crippen molar-refractivity contribution in [1.82, 2.24) is 14.8 Å². The molecule has 0 N–H and O–H groups in total. The zero-order valence-corrected chi connectivity index (χ0v) is 16.4. The van der Waals surface area contributed by atoms with Gasteiger partial charge in [-0.3, -0.25) is 14.5 Å². The molecule has 0 bridgehead atoms. The summed E-state index contributed by atoms with van der Waals surface area (Å²) in [6.45, 7) is 5.51. The lowest BCUT2D eigenvalue weighted by Gasteiger charge is -2.09. The van der Waals surface area contributed by atoms with Gasteiger partial charge in [0, 0.05) is 41.9 Å². The fraction of sp³-hybridized carbons (Fsp3) is 0.174. The first kappa shape index (κ1) is 17.9. The number of nitrogens with zero attached hydrogens (tertiary/aromatic N) is 3. The number of fused-ring (bicyclic) bond motifs is 1. The number of pyridine rings is 1. The van der Waals surface area contributed by atoms with Crippen molar-refractivity contribution in [3.05, 3.63) is 71.5 Å². The van der Waals surface area contributed by atoms with Crippen molar-refractivity contribution in [1.29, 1.82) is 0 Å². The predicted octanol–water partition coefficient (Wildman–Crippen LogP) is 5.25. The van der Waals surface area contributed by atoms with Crippen LogP contribution in [0.25, 0.3) is 22.2 Å². The number of ether oxygens (including phenoxy) is 1. The van der Waals surface area contributed by atoms with E-state index in [1.807, 2.05) is 74.1 Å². The molecule has 2 heterocycles. The summed E-state index contributed by atoms with van der Waals surface area (Å²) in [5, 5.41) is 5.56. The van der Waals surface area contributed by atoms with Gasteiger partial charge in [0.2, 0.25) is 0 Å². The molecule has 28 heavy (non-hydrogen) atoms. The molecule has 0 atom stereocenters. The minimum absolute atomic E-state index is 0.0647. The molecule has 2 aromatic heterocycles. The highest BCUT2D eigenvalue weighted by molar-refractivity contribution is 5.96. The number of hydrogen-bond acceptors (Lipinski definition) is 4. The number of Topliss-reactive ketones (excluding diaryl/α,β-unsaturated/α-hetero) is 1. The maximum Gasteiger partial charge on any atom is 0.160 e. The molecule has 4 aromatic rings. The number of carbonyl (C=O) groups is 1. The third-order valence-electron chi connectivity index (χ3n) is 4.88. The molecule has 2 aromatic carbocycles. The molecule has 5 heteroatoms. The summed E-state index contributed by atoms with van der Waals surface area (Å²) in [6, 6.07) is 15.4. The van der Waals surface area contributed by atoms with E-state index < -0.39 is 0 Å². The van der Waals surface area contributed by atoms with Crippen molar-refractivity contribution in [2.75, 3.05) is 0 Å². The minimum Gasteiger partial charge on any atom is -0.457 e. The third-order valence-corrected chi connectivity index (χ3v) is 4.88. The van der Waals surface area contributed by atoms with E-state index in [1.165, 1.54) is 0 Å². The summed E-state index contributed by atoms with van der Waals surface area (Å²) in [6.07, 6.45) is 1.73. The molecule has 0 radical (unpaired) electrons. The Bertz CT molecular complexity index is 1210. The van der Waals surface area contributed by atoms with Gasteiger partial charge in [0.25, 0.3) is 0 Å². The summed E-state index contributed by atoms with van der Waals surface area (Å²) in [7, 11) is 1.93. The van der Waals surface area contributed by atoms with Gasteiger partial charge < -0.3 is 4.74 Å². The maximum absolute atomic E-state index is 11.6. The van der Waals surface area contributed by atoms with E-state index in [4.69, 9.17) is 4.74 Å². The van der Waals surface area contributed by atoms with Crippen LogP contribution < -0.4 is 4.74 Å². The second kappa shape index (κ2) is 6.93. The molecule has 0 unspecified atom stereocenters. The second-order valence-electron chi connectivity index (χ2n) is 6.95. The molecule has 0 aliphatic rings. The number of aryl methyl sites for hydroxylation is 3. The molecule has 5 nitrogen and oxygen atoms in total. The van der Waals surface area contributed by atoms with Gasteiger partial charge in [-0.2, -0.15) is 5.10 Å². The fourth-order valence-electron chi connectivity index (χ4n) is 3.47. The largest absolute Gasteiger partial charge is 0.457 e. The smallest absolute Gasteiger partial charge is 0.160 e. The van der Waals surface area contributed by atoms with E-state index in [-0.39, 0.29) is 5.78 Å². The van der Waals surface area contributed by atoms with Gasteiger partial charge in [-0.15, -0.1) is 0 Å². The van der Waals surface area contributed by atoms with Crippen LogP contribution in [0.15, 0.2) is 54.7 Å². The lowest BCUT2D eigenvalue weighted by Crippen LogP contribution is -1.96. The lowest BCUT2D eigenvalue weighted by atomic mass is 10.0. The zero-order chi connectivity index (χ0) is 19.8. The predicted molar refractivity (Wildman–Crippen MR) is 110 cm³/mol. The third kappa shape index (κ3) is 3.27. The van der Waals surface area contributed by atoms with Crippen molar-refractivity contribution < 1.29 is 9.53 Å². The standard InChI is InChI=1S/C23H21N3O2/c1-14-11-17(5-7-20(14)16(3)27)22-12-19(9-10-24-22)28-18-6-8-21-15(2)25-26(4)23(21)13-18/h5-13H,1-4H3. The van der Waals surface area contributed by atoms with Crippen molar-refractivity contribution in [2.45, 2.75) is 20.8 Å². The van der Waals surface area contributed by atoms with Gasteiger partial charge in [-0.1, -0.05) is 12.1 Å². The highest BCUT2D eigenvalue weighted by Crippen LogP contribution is 2.29. The van der Waals surface area contributed by atoms with Gasteiger partial charge in [0.15, 0.2) is 5.78 Å². The van der Waals surface area contributed by atoms with Crippen LogP contribution >= 0.6 is 0 Å². The average Bonchev–Trinajstić information content (AvgIpc) is 2.95. The Labute approximate surface area is 163 Å². The van der Waals surface area contributed by atoms with Crippen LogP contribution in [0.2, 0.25) is 0 Å². The van der Waals surface area contributed by atoms with E-state index in [2.05, 4.69) is 10.1 Å². The van der Waals surface area contributed by atoms with Gasteiger partial charge in [-0.25, -0.2) is 0 Å². The number of benzene rings is 2. The van der Waals surface area contributed by atoms with Crippen molar-refractivity contribution in [2.24, 2.45) is 7.05 Å². The van der Waals surface area contributed by atoms with E-state index in [9.17, 15) is 4.79 Å². The number of hydrogen-bond donors (Lipinski definition) is 0. The van der Waals surface area contributed by atoms with Crippen LogP contribution in [0.1, 0.15) is 28.5 Å². The number of aromatic nitrogens is 3. The minimum atomic E-state index is 0.0647. The number of carbonyl (C=O) groups excluding carboxylic acids is 1. The first-order valence-electron chi connectivity index (χ1n) is 9.11. The van der Waals surface area contributed by atoms with Gasteiger partial charge in [-0.05, 0) is 50.6 Å². The zero-order valence-electron chi connectivity index (χ0n) is 16.4. The molecule has 0 amide bonds. The summed E-state index contributed by atoms with van der Waals surface area (Å²) < 4.78 is 7.93. The van der Waals surface area contributed by atoms with Crippen LogP contribution in [0.5, 0.6) is 11.5 Å².